The van der Waals surface area contributed by atoms with E-state index in [1.54, 1.807) is 9.10 Å². The van der Waals surface area contributed by atoms with Gasteiger partial charge in [0.15, 0.2) is 0 Å². The molecule has 0 heterocycles. The van der Waals surface area contributed by atoms with E-state index in [2.05, 4.69) is 13.8 Å². The van der Waals surface area contributed by atoms with Gasteiger partial charge in [0.1, 0.15) is 0 Å². The average molecular weight is 194 g/mol. The Kier molecular flexibility index (Phi) is 13.5. The minimum absolute atomic E-state index is 0.321. The van der Waals surface area contributed by atoms with Gasteiger partial charge in [-0.2, -0.15) is 0 Å². The van der Waals surface area contributed by atoms with Gasteiger partial charge in [-0.25, -0.2) is 0 Å². The van der Waals surface area contributed by atoms with Gasteiger partial charge >= 0.3 is 20.4 Å². The van der Waals surface area contributed by atoms with Crippen molar-refractivity contribution in [2.45, 2.75) is 67.4 Å². The molecule has 0 unspecified atom stereocenters. The Morgan fingerprint density at radius 3 is 2.15 bits per heavy atom. The highest BCUT2D eigenvalue weighted by Gasteiger charge is 1.95. The first kappa shape index (κ1) is 13.8. The van der Waals surface area contributed by atoms with Crippen molar-refractivity contribution in [2.24, 2.45) is 0 Å². The summed E-state index contributed by atoms with van der Waals surface area (Å²) in [5.41, 5.74) is 0. The lowest BCUT2D eigenvalue weighted by Gasteiger charge is -1.99. The zero-order valence-electron chi connectivity index (χ0n) is 9.49. The molecule has 1 heteroatoms. The van der Waals surface area contributed by atoms with E-state index in [4.69, 9.17) is 0 Å². The predicted octanol–water partition coefficient (Wildman–Crippen LogP) is 4.50. The maximum atomic E-state index is 3.88. The third kappa shape index (κ3) is 12.8. The first-order valence-electron chi connectivity index (χ1n) is 6.21. The molecule has 0 aromatic carbocycles. The van der Waals surface area contributed by atoms with Gasteiger partial charge in [0.2, 0.25) is 0 Å². The molecule has 0 saturated carbocycles. The van der Waals surface area contributed by atoms with E-state index >= 15 is 0 Å². The van der Waals surface area contributed by atoms with Crippen molar-refractivity contribution in [3.05, 3.63) is 6.92 Å². The lowest BCUT2D eigenvalue weighted by Crippen LogP contribution is -1.89. The van der Waals surface area contributed by atoms with E-state index in [0.717, 1.165) is 6.42 Å². The Labute approximate surface area is 94.6 Å². The molecule has 0 aliphatic carbocycles. The SMILES string of the molecule is [CH2]CC[CH2][Mg][CH2]CCCCCCC. The summed E-state index contributed by atoms with van der Waals surface area (Å²) in [5.74, 6) is 0. The Hall–Kier alpha value is 0.766. The van der Waals surface area contributed by atoms with E-state index in [0.29, 0.717) is 20.4 Å². The second-order valence-electron chi connectivity index (χ2n) is 4.04. The molecule has 0 nitrogen and oxygen atoms in total. The van der Waals surface area contributed by atoms with Crippen LogP contribution in [0.2, 0.25) is 9.10 Å². The average Bonchev–Trinajstić information content (AvgIpc) is 2.16. The molecule has 0 spiro atoms. The molecule has 0 N–H and O–H groups in total. The van der Waals surface area contributed by atoms with Crippen LogP contribution in [-0.4, -0.2) is 20.4 Å². The molecule has 0 atom stereocenters. The summed E-state index contributed by atoms with van der Waals surface area (Å²) in [6, 6.07) is 0. The van der Waals surface area contributed by atoms with Crippen LogP contribution in [0.4, 0.5) is 0 Å². The van der Waals surface area contributed by atoms with Crippen LogP contribution < -0.4 is 0 Å². The molecule has 0 aromatic heterocycles. The van der Waals surface area contributed by atoms with Crippen molar-refractivity contribution in [3.8, 4) is 0 Å². The van der Waals surface area contributed by atoms with Gasteiger partial charge in [-0.05, 0) is 0 Å². The molecule has 0 rings (SSSR count). The minimum atomic E-state index is 0.321. The van der Waals surface area contributed by atoms with Crippen LogP contribution in [0.15, 0.2) is 0 Å². The van der Waals surface area contributed by atoms with Gasteiger partial charge < -0.3 is 0 Å². The summed E-state index contributed by atoms with van der Waals surface area (Å²) in [4.78, 5) is 0. The lowest BCUT2D eigenvalue weighted by atomic mass is 10.1. The zero-order valence-corrected chi connectivity index (χ0v) is 10.9. The smallest absolute Gasteiger partial charge is 0.146 e. The second kappa shape index (κ2) is 12.8. The van der Waals surface area contributed by atoms with E-state index in [9.17, 15) is 0 Å². The van der Waals surface area contributed by atoms with Crippen LogP contribution >= 0.6 is 0 Å². The molecule has 0 saturated heterocycles. The monoisotopic (exact) mass is 193 g/mol. The fraction of sp³-hybridized carbons (Fsp3) is 0.917. The third-order valence-electron chi connectivity index (χ3n) is 2.60. The van der Waals surface area contributed by atoms with Crippen LogP contribution in [0.1, 0.15) is 58.3 Å². The fourth-order valence-electron chi connectivity index (χ4n) is 1.66. The Bertz CT molecular complexity index is 71.2. The first-order valence-corrected chi connectivity index (χ1v) is 8.21. The quantitative estimate of drug-likeness (QED) is 0.354. The van der Waals surface area contributed by atoms with Crippen molar-refractivity contribution < 1.29 is 0 Å². The van der Waals surface area contributed by atoms with Gasteiger partial charge in [-0.3, -0.25) is 0 Å². The molecule has 0 fully saturated rings. The van der Waals surface area contributed by atoms with Crippen molar-refractivity contribution in [1.29, 1.82) is 0 Å². The highest BCUT2D eigenvalue weighted by atomic mass is 24.5. The number of rotatable bonds is 10. The Morgan fingerprint density at radius 2 is 1.46 bits per heavy atom. The molecule has 0 amide bonds. The standard InChI is InChI=1S/C8H17.C4H8.Mg/c1-3-5-7-8-6-4-2;1-3-4-2;/h1,3-8H2,2H3;1-4H2;. The van der Waals surface area contributed by atoms with Crippen LogP contribution in [0, 0.1) is 6.92 Å². The molecule has 0 aliphatic heterocycles. The van der Waals surface area contributed by atoms with Crippen LogP contribution in [0.3, 0.4) is 0 Å². The maximum absolute atomic E-state index is 3.88. The summed E-state index contributed by atoms with van der Waals surface area (Å²) < 4.78 is 3.13. The molecule has 75 valence electrons. The number of unbranched alkanes of at least 4 members (excludes halogenated alkanes) is 6. The normalized spacial score (nSPS) is 10.0. The van der Waals surface area contributed by atoms with Gasteiger partial charge in [-0.1, -0.05) is 65.2 Å². The minimum Gasteiger partial charge on any atom is -0.146 e. The lowest BCUT2D eigenvalue weighted by molar-refractivity contribution is 0.623. The van der Waals surface area contributed by atoms with E-state index < -0.39 is 0 Å². The maximum Gasteiger partial charge on any atom is 0.364 e. The topological polar surface area (TPSA) is 0 Å². The summed E-state index contributed by atoms with van der Waals surface area (Å²) in [7, 11) is 0. The summed E-state index contributed by atoms with van der Waals surface area (Å²) >= 11 is 0.321. The highest BCUT2D eigenvalue weighted by molar-refractivity contribution is 6.35. The number of hydrogen-bond donors (Lipinski definition) is 0. The summed E-state index contributed by atoms with van der Waals surface area (Å²) in [6.45, 7) is 6.16. The highest BCUT2D eigenvalue weighted by Crippen LogP contribution is 2.07. The van der Waals surface area contributed by atoms with Crippen molar-refractivity contribution in [2.75, 3.05) is 0 Å². The van der Waals surface area contributed by atoms with E-state index in [-0.39, 0.29) is 0 Å². The zero-order chi connectivity index (χ0) is 9.78. The Morgan fingerprint density at radius 1 is 0.846 bits per heavy atom. The van der Waals surface area contributed by atoms with E-state index in [1.165, 1.54) is 44.9 Å². The largest absolute Gasteiger partial charge is 0.364 e. The fourth-order valence-corrected chi connectivity index (χ4v) is 3.43. The summed E-state index contributed by atoms with van der Waals surface area (Å²) in [5, 5.41) is 0. The molecule has 0 bridgehead atoms. The van der Waals surface area contributed by atoms with E-state index in [1.807, 2.05) is 0 Å². The van der Waals surface area contributed by atoms with Crippen LogP contribution in [0.5, 0.6) is 0 Å². The van der Waals surface area contributed by atoms with Crippen molar-refractivity contribution in [1.82, 2.24) is 0 Å². The summed E-state index contributed by atoms with van der Waals surface area (Å²) in [6.07, 6.45) is 11.3. The van der Waals surface area contributed by atoms with Crippen molar-refractivity contribution >= 4 is 20.4 Å². The number of hydrogen-bond acceptors (Lipinski definition) is 0. The molecule has 13 heavy (non-hydrogen) atoms. The molecule has 0 aromatic rings. The van der Waals surface area contributed by atoms with Gasteiger partial charge in [0.25, 0.3) is 0 Å². The van der Waals surface area contributed by atoms with Gasteiger partial charge in [0.05, 0.1) is 0 Å². The molecular weight excluding hydrogens is 168 g/mol. The van der Waals surface area contributed by atoms with Gasteiger partial charge in [-0.15, -0.1) is 9.10 Å². The van der Waals surface area contributed by atoms with Crippen LogP contribution in [0.25, 0.3) is 0 Å². The second-order valence-corrected chi connectivity index (χ2v) is 6.16. The Balaban J connectivity index is 2.76. The van der Waals surface area contributed by atoms with Crippen LogP contribution in [-0.2, 0) is 0 Å². The predicted molar refractivity (Wildman–Crippen MR) is 63.3 cm³/mol. The van der Waals surface area contributed by atoms with Crippen molar-refractivity contribution in [3.63, 3.8) is 0 Å². The molecule has 1 radical (unpaired) electrons. The third-order valence-corrected chi connectivity index (χ3v) is 4.60. The van der Waals surface area contributed by atoms with Gasteiger partial charge in [0, 0.05) is 0 Å². The molecular formula is C12H25Mg. The first-order chi connectivity index (χ1) is 6.41. The molecule has 0 aliphatic rings.